The highest BCUT2D eigenvalue weighted by Gasteiger charge is 2.34. The van der Waals surface area contributed by atoms with Gasteiger partial charge in [0.05, 0.1) is 5.56 Å². The molecule has 0 saturated heterocycles. The Morgan fingerprint density at radius 3 is 2.47 bits per heavy atom. The van der Waals surface area contributed by atoms with E-state index in [1.54, 1.807) is 0 Å². The van der Waals surface area contributed by atoms with Crippen LogP contribution in [-0.4, -0.2) is 13.1 Å². The van der Waals surface area contributed by atoms with Gasteiger partial charge in [0.1, 0.15) is 5.82 Å². The Morgan fingerprint density at radius 2 is 1.89 bits per heavy atom. The second-order valence-corrected chi connectivity index (χ2v) is 4.68. The van der Waals surface area contributed by atoms with Gasteiger partial charge in [-0.25, -0.2) is 4.39 Å². The van der Waals surface area contributed by atoms with Gasteiger partial charge in [0, 0.05) is 0 Å². The van der Waals surface area contributed by atoms with Gasteiger partial charge in [0.25, 0.3) is 0 Å². The normalized spacial score (nSPS) is 13.6. The van der Waals surface area contributed by atoms with Crippen LogP contribution in [0.15, 0.2) is 18.2 Å². The van der Waals surface area contributed by atoms with E-state index in [0.717, 1.165) is 38.1 Å². The van der Waals surface area contributed by atoms with Crippen molar-refractivity contribution in [1.82, 2.24) is 5.32 Å². The van der Waals surface area contributed by atoms with E-state index in [1.165, 1.54) is 6.07 Å². The van der Waals surface area contributed by atoms with Crippen molar-refractivity contribution in [3.63, 3.8) is 0 Å². The summed E-state index contributed by atoms with van der Waals surface area (Å²) in [6.45, 7) is 5.53. The van der Waals surface area contributed by atoms with E-state index in [4.69, 9.17) is 0 Å². The van der Waals surface area contributed by atoms with Crippen molar-refractivity contribution in [3.05, 3.63) is 35.1 Å². The summed E-state index contributed by atoms with van der Waals surface area (Å²) in [5, 5.41) is 3.20. The summed E-state index contributed by atoms with van der Waals surface area (Å²) in [6, 6.07) is 3.24. The first-order chi connectivity index (χ1) is 8.86. The monoisotopic (exact) mass is 277 g/mol. The molecule has 0 radical (unpaired) electrons. The summed E-state index contributed by atoms with van der Waals surface area (Å²) in [5.41, 5.74) is -0.662. The molecular formula is C14H19F4N. The highest BCUT2D eigenvalue weighted by atomic mass is 19.4. The molecular weight excluding hydrogens is 258 g/mol. The molecule has 1 nitrogen and oxygen atoms in total. The van der Waals surface area contributed by atoms with E-state index in [-0.39, 0.29) is 5.92 Å². The molecule has 5 heteroatoms. The maximum Gasteiger partial charge on any atom is 0.419 e. The molecule has 1 atom stereocenters. The third-order valence-corrected chi connectivity index (χ3v) is 3.05. The molecule has 0 fully saturated rings. The van der Waals surface area contributed by atoms with Crippen LogP contribution in [0.2, 0.25) is 0 Å². The first-order valence-electron chi connectivity index (χ1n) is 6.43. The number of hydrogen-bond acceptors (Lipinski definition) is 1. The molecule has 0 aliphatic rings. The predicted molar refractivity (Wildman–Crippen MR) is 67.6 cm³/mol. The van der Waals surface area contributed by atoms with Crippen LogP contribution >= 0.6 is 0 Å². The zero-order valence-corrected chi connectivity index (χ0v) is 11.1. The van der Waals surface area contributed by atoms with Gasteiger partial charge in [0.2, 0.25) is 0 Å². The maximum absolute atomic E-state index is 13.1. The molecule has 1 N–H and O–H groups in total. The Hall–Kier alpha value is -1.10. The van der Waals surface area contributed by atoms with Gasteiger partial charge in [-0.15, -0.1) is 0 Å². The third-order valence-electron chi connectivity index (χ3n) is 3.05. The first-order valence-corrected chi connectivity index (χ1v) is 6.43. The molecule has 1 rings (SSSR count). The number of halogens is 4. The maximum atomic E-state index is 13.1. The van der Waals surface area contributed by atoms with Crippen molar-refractivity contribution in [2.24, 2.45) is 0 Å². The lowest BCUT2D eigenvalue weighted by Crippen LogP contribution is -2.18. The van der Waals surface area contributed by atoms with Crippen LogP contribution in [0.4, 0.5) is 17.6 Å². The number of alkyl halides is 3. The third kappa shape index (κ3) is 4.82. The molecule has 0 aliphatic heterocycles. The summed E-state index contributed by atoms with van der Waals surface area (Å²) >= 11 is 0. The van der Waals surface area contributed by atoms with Gasteiger partial charge < -0.3 is 5.32 Å². The molecule has 0 aliphatic carbocycles. The number of nitrogens with one attached hydrogen (secondary N) is 1. The Balaban J connectivity index is 2.73. The molecule has 0 spiro atoms. The van der Waals surface area contributed by atoms with Gasteiger partial charge in [0.15, 0.2) is 0 Å². The number of rotatable bonds is 6. The van der Waals surface area contributed by atoms with Crippen molar-refractivity contribution in [3.8, 4) is 0 Å². The zero-order chi connectivity index (χ0) is 14.5. The van der Waals surface area contributed by atoms with Crippen LogP contribution in [0, 0.1) is 5.82 Å². The minimum absolute atomic E-state index is 0.0361. The fourth-order valence-electron chi connectivity index (χ4n) is 1.85. The molecule has 19 heavy (non-hydrogen) atoms. The molecule has 1 unspecified atom stereocenters. The highest BCUT2D eigenvalue weighted by Crippen LogP contribution is 2.33. The van der Waals surface area contributed by atoms with E-state index in [9.17, 15) is 17.6 Å². The van der Waals surface area contributed by atoms with Crippen molar-refractivity contribution in [1.29, 1.82) is 0 Å². The molecule has 0 bridgehead atoms. The lowest BCUT2D eigenvalue weighted by Gasteiger charge is -2.15. The van der Waals surface area contributed by atoms with E-state index < -0.39 is 17.6 Å². The van der Waals surface area contributed by atoms with Crippen molar-refractivity contribution in [2.45, 2.75) is 38.8 Å². The predicted octanol–water partition coefficient (Wildman–Crippen LogP) is 4.34. The van der Waals surface area contributed by atoms with Crippen LogP contribution in [-0.2, 0) is 6.18 Å². The zero-order valence-electron chi connectivity index (χ0n) is 11.1. The second kappa shape index (κ2) is 6.89. The van der Waals surface area contributed by atoms with Crippen LogP contribution in [0.3, 0.4) is 0 Å². The quantitative estimate of drug-likeness (QED) is 0.602. The van der Waals surface area contributed by atoms with E-state index in [0.29, 0.717) is 5.56 Å². The van der Waals surface area contributed by atoms with E-state index in [2.05, 4.69) is 5.32 Å². The summed E-state index contributed by atoms with van der Waals surface area (Å²) in [6.07, 6.45) is -2.90. The molecule has 1 aromatic carbocycles. The molecule has 0 amide bonds. The van der Waals surface area contributed by atoms with Crippen molar-refractivity contribution < 1.29 is 17.6 Å². The Labute approximate surface area is 111 Å². The first kappa shape index (κ1) is 16.0. The molecule has 0 saturated carbocycles. The van der Waals surface area contributed by atoms with Crippen LogP contribution in [0.5, 0.6) is 0 Å². The van der Waals surface area contributed by atoms with Crippen LogP contribution in [0.25, 0.3) is 0 Å². The number of benzene rings is 1. The van der Waals surface area contributed by atoms with Crippen LogP contribution in [0.1, 0.15) is 43.7 Å². The van der Waals surface area contributed by atoms with Gasteiger partial charge in [-0.05, 0) is 49.5 Å². The Morgan fingerprint density at radius 1 is 1.21 bits per heavy atom. The van der Waals surface area contributed by atoms with Gasteiger partial charge in [-0.3, -0.25) is 0 Å². The lowest BCUT2D eigenvalue weighted by atomic mass is 9.95. The summed E-state index contributed by atoms with van der Waals surface area (Å²) in [7, 11) is 0. The smallest absolute Gasteiger partial charge is 0.317 e. The summed E-state index contributed by atoms with van der Waals surface area (Å²) in [4.78, 5) is 0. The molecule has 1 aromatic rings. The van der Waals surface area contributed by atoms with Gasteiger partial charge >= 0.3 is 6.18 Å². The standard InChI is InChI=1S/C14H19F4N/c1-3-7-19-8-6-10(2)11-4-5-13(15)12(9-11)14(16,17)18/h4-5,9-10,19H,3,6-8H2,1-2H3. The van der Waals surface area contributed by atoms with Crippen LogP contribution < -0.4 is 5.32 Å². The average Bonchev–Trinajstić information content (AvgIpc) is 2.33. The Bertz CT molecular complexity index is 401. The molecule has 108 valence electrons. The second-order valence-electron chi connectivity index (χ2n) is 4.68. The topological polar surface area (TPSA) is 12.0 Å². The van der Waals surface area contributed by atoms with Gasteiger partial charge in [-0.1, -0.05) is 19.9 Å². The summed E-state index contributed by atoms with van der Waals surface area (Å²) in [5.74, 6) is -1.25. The van der Waals surface area contributed by atoms with Crippen molar-refractivity contribution in [2.75, 3.05) is 13.1 Å². The molecule has 0 heterocycles. The fourth-order valence-corrected chi connectivity index (χ4v) is 1.85. The Kier molecular flexibility index (Phi) is 5.79. The van der Waals surface area contributed by atoms with E-state index >= 15 is 0 Å². The van der Waals surface area contributed by atoms with Crippen molar-refractivity contribution >= 4 is 0 Å². The lowest BCUT2D eigenvalue weighted by molar-refractivity contribution is -0.140. The minimum atomic E-state index is -4.64. The molecule has 0 aromatic heterocycles. The highest BCUT2D eigenvalue weighted by molar-refractivity contribution is 5.29. The largest absolute Gasteiger partial charge is 0.419 e. The van der Waals surface area contributed by atoms with E-state index in [1.807, 2.05) is 13.8 Å². The van der Waals surface area contributed by atoms with Gasteiger partial charge in [-0.2, -0.15) is 13.2 Å². The minimum Gasteiger partial charge on any atom is -0.317 e. The number of hydrogen-bond donors (Lipinski definition) is 1. The summed E-state index contributed by atoms with van der Waals surface area (Å²) < 4.78 is 50.9. The fraction of sp³-hybridized carbons (Fsp3) is 0.571. The average molecular weight is 277 g/mol. The SMILES string of the molecule is CCCNCCC(C)c1ccc(F)c(C(F)(F)F)c1.